The number of methoxy groups -OCH3 is 1. The van der Waals surface area contributed by atoms with Crippen molar-refractivity contribution in [1.82, 2.24) is 10.2 Å². The number of nitrogens with zero attached hydrogens (tertiary/aromatic N) is 2. The molecule has 0 aliphatic carbocycles. The predicted molar refractivity (Wildman–Crippen MR) is 98.0 cm³/mol. The quantitative estimate of drug-likeness (QED) is 0.474. The van der Waals surface area contributed by atoms with Crippen LogP contribution in [-0.2, 0) is 17.0 Å². The average Bonchev–Trinajstić information content (AvgIpc) is 3.25. The lowest BCUT2D eigenvalue weighted by atomic mass is 10.2. The van der Waals surface area contributed by atoms with Gasteiger partial charge in [0.2, 0.25) is 5.13 Å². The molecule has 0 saturated carbocycles. The first-order valence-corrected chi connectivity index (χ1v) is 9.47. The molecule has 9 heteroatoms. The van der Waals surface area contributed by atoms with E-state index < -0.39 is 5.97 Å². The van der Waals surface area contributed by atoms with Gasteiger partial charge in [-0.2, -0.15) is 0 Å². The van der Waals surface area contributed by atoms with Gasteiger partial charge >= 0.3 is 5.97 Å². The van der Waals surface area contributed by atoms with Crippen LogP contribution in [0.4, 0.5) is 9.52 Å². The Bertz CT molecular complexity index is 893. The van der Waals surface area contributed by atoms with Crippen LogP contribution in [0, 0.1) is 12.7 Å². The Balaban J connectivity index is 1.53. The average molecular weight is 393 g/mol. The van der Waals surface area contributed by atoms with Crippen LogP contribution in [0.25, 0.3) is 0 Å². The summed E-state index contributed by atoms with van der Waals surface area (Å²) in [4.78, 5) is 11.6. The van der Waals surface area contributed by atoms with Crippen molar-refractivity contribution in [1.29, 1.82) is 0 Å². The molecule has 0 aliphatic rings. The third-order valence-electron chi connectivity index (χ3n) is 3.48. The fourth-order valence-electron chi connectivity index (χ4n) is 2.18. The summed E-state index contributed by atoms with van der Waals surface area (Å²) in [6.07, 6.45) is 0. The molecule has 1 aromatic carbocycles. The monoisotopic (exact) mass is 393 g/mol. The molecule has 3 aromatic rings. The van der Waals surface area contributed by atoms with Crippen molar-refractivity contribution in [2.24, 2.45) is 0 Å². The van der Waals surface area contributed by atoms with Crippen LogP contribution in [0.3, 0.4) is 0 Å². The van der Waals surface area contributed by atoms with Crippen molar-refractivity contribution in [3.05, 3.63) is 58.8 Å². The maximum atomic E-state index is 12.9. The maximum Gasteiger partial charge on any atom is 0.341 e. The minimum absolute atomic E-state index is 0.258. The molecule has 26 heavy (non-hydrogen) atoms. The first-order valence-electron chi connectivity index (χ1n) is 7.67. The van der Waals surface area contributed by atoms with Crippen LogP contribution < -0.4 is 5.32 Å². The first-order chi connectivity index (χ1) is 12.5. The highest BCUT2D eigenvalue weighted by molar-refractivity contribution is 8.00. The van der Waals surface area contributed by atoms with Crippen LogP contribution in [0.2, 0.25) is 0 Å². The summed E-state index contributed by atoms with van der Waals surface area (Å²) in [5.74, 6) is 1.07. The highest BCUT2D eigenvalue weighted by Crippen LogP contribution is 2.30. The second-order valence-electron chi connectivity index (χ2n) is 5.32. The van der Waals surface area contributed by atoms with Crippen LogP contribution in [-0.4, -0.2) is 23.3 Å². The number of esters is 1. The van der Waals surface area contributed by atoms with Gasteiger partial charge in [-0.05, 0) is 30.7 Å². The smallest absolute Gasteiger partial charge is 0.341 e. The van der Waals surface area contributed by atoms with Crippen LogP contribution in [0.1, 0.15) is 27.4 Å². The molecule has 0 fully saturated rings. The summed E-state index contributed by atoms with van der Waals surface area (Å²) in [5.41, 5.74) is 1.39. The molecule has 0 aliphatic heterocycles. The van der Waals surface area contributed by atoms with Gasteiger partial charge in [0.15, 0.2) is 4.34 Å². The Kier molecular flexibility index (Phi) is 5.89. The molecule has 0 saturated heterocycles. The van der Waals surface area contributed by atoms with Gasteiger partial charge in [0, 0.05) is 6.54 Å². The highest BCUT2D eigenvalue weighted by atomic mass is 32.2. The number of hydrogen-bond donors (Lipinski definition) is 1. The summed E-state index contributed by atoms with van der Waals surface area (Å²) < 4.78 is 24.0. The number of aryl methyl sites for hydroxylation is 1. The van der Waals surface area contributed by atoms with Gasteiger partial charge in [-0.15, -0.1) is 10.2 Å². The Hall–Kier alpha value is -2.39. The number of thioether (sulfide) groups is 1. The van der Waals surface area contributed by atoms with Gasteiger partial charge in [0.05, 0.1) is 12.9 Å². The molecule has 0 radical (unpaired) electrons. The first kappa shape index (κ1) is 18.4. The number of benzene rings is 1. The number of aromatic nitrogens is 2. The number of ether oxygens (including phenoxy) is 1. The fourth-order valence-corrected chi connectivity index (χ4v) is 3.81. The van der Waals surface area contributed by atoms with Crippen molar-refractivity contribution >= 4 is 34.2 Å². The van der Waals surface area contributed by atoms with Gasteiger partial charge in [-0.1, -0.05) is 35.2 Å². The van der Waals surface area contributed by atoms with Crippen LogP contribution in [0.15, 0.2) is 39.1 Å². The van der Waals surface area contributed by atoms with Gasteiger partial charge < -0.3 is 14.5 Å². The second-order valence-corrected chi connectivity index (χ2v) is 7.52. The zero-order valence-corrected chi connectivity index (χ0v) is 15.7. The molecular formula is C17H16FN3O3S2. The summed E-state index contributed by atoms with van der Waals surface area (Å²) >= 11 is 2.89. The van der Waals surface area contributed by atoms with Gasteiger partial charge in [-0.25, -0.2) is 9.18 Å². The minimum Gasteiger partial charge on any atom is -0.465 e. The van der Waals surface area contributed by atoms with E-state index in [2.05, 4.69) is 15.5 Å². The zero-order valence-electron chi connectivity index (χ0n) is 14.1. The summed E-state index contributed by atoms with van der Waals surface area (Å²) in [7, 11) is 1.34. The molecule has 0 spiro atoms. The van der Waals surface area contributed by atoms with Crippen LogP contribution in [0.5, 0.6) is 0 Å². The Morgan fingerprint density at radius 3 is 2.85 bits per heavy atom. The Morgan fingerprint density at radius 1 is 1.35 bits per heavy atom. The molecule has 0 amide bonds. The van der Waals surface area contributed by atoms with E-state index in [1.54, 1.807) is 25.1 Å². The summed E-state index contributed by atoms with van der Waals surface area (Å²) in [6.45, 7) is 2.27. The normalized spacial score (nSPS) is 10.7. The Labute approximate surface area is 157 Å². The largest absolute Gasteiger partial charge is 0.465 e. The molecule has 0 atom stereocenters. The van der Waals surface area contributed by atoms with E-state index in [0.29, 0.717) is 34.5 Å². The van der Waals surface area contributed by atoms with E-state index in [9.17, 15) is 9.18 Å². The van der Waals surface area contributed by atoms with E-state index in [1.807, 2.05) is 0 Å². The lowest BCUT2D eigenvalue weighted by Crippen LogP contribution is -2.00. The lowest BCUT2D eigenvalue weighted by molar-refractivity contribution is 0.0599. The van der Waals surface area contributed by atoms with E-state index in [4.69, 9.17) is 9.15 Å². The number of furan rings is 1. The molecule has 2 heterocycles. The third-order valence-corrected chi connectivity index (χ3v) is 5.51. The van der Waals surface area contributed by atoms with Crippen molar-refractivity contribution in [3.8, 4) is 0 Å². The molecule has 0 bridgehead atoms. The van der Waals surface area contributed by atoms with Crippen molar-refractivity contribution in [3.63, 3.8) is 0 Å². The molecule has 1 N–H and O–H groups in total. The van der Waals surface area contributed by atoms with Crippen molar-refractivity contribution < 1.29 is 18.3 Å². The number of rotatable bonds is 7. The second kappa shape index (κ2) is 8.33. The topological polar surface area (TPSA) is 77.2 Å². The van der Waals surface area contributed by atoms with E-state index >= 15 is 0 Å². The number of hydrogen-bond acceptors (Lipinski definition) is 8. The highest BCUT2D eigenvalue weighted by Gasteiger charge is 2.16. The van der Waals surface area contributed by atoms with Crippen molar-refractivity contribution in [2.45, 2.75) is 23.6 Å². The number of anilines is 1. The van der Waals surface area contributed by atoms with E-state index in [0.717, 1.165) is 9.90 Å². The third kappa shape index (κ3) is 4.61. The van der Waals surface area contributed by atoms with Gasteiger partial charge in [0.25, 0.3) is 0 Å². The molecular weight excluding hydrogens is 377 g/mol. The maximum absolute atomic E-state index is 12.9. The van der Waals surface area contributed by atoms with Gasteiger partial charge in [-0.3, -0.25) is 0 Å². The zero-order chi connectivity index (χ0) is 18.5. The molecule has 3 rings (SSSR count). The number of halogens is 1. The Morgan fingerprint density at radius 2 is 2.12 bits per heavy atom. The number of nitrogens with one attached hydrogen (secondary N) is 1. The molecule has 2 aromatic heterocycles. The van der Waals surface area contributed by atoms with E-state index in [-0.39, 0.29) is 5.82 Å². The number of carbonyl (C=O) groups is 1. The predicted octanol–water partition coefficient (Wildman–Crippen LogP) is 4.27. The van der Waals surface area contributed by atoms with Crippen LogP contribution >= 0.6 is 23.1 Å². The molecule has 6 nitrogen and oxygen atoms in total. The fraction of sp³-hybridized carbons (Fsp3) is 0.235. The minimum atomic E-state index is -0.411. The van der Waals surface area contributed by atoms with Crippen molar-refractivity contribution in [2.75, 3.05) is 12.4 Å². The molecule has 0 unspecified atom stereocenters. The lowest BCUT2D eigenvalue weighted by Gasteiger charge is -2.01. The van der Waals surface area contributed by atoms with Gasteiger partial charge in [0.1, 0.15) is 22.9 Å². The SMILES string of the molecule is COC(=O)c1cc(CSc2nnc(NCc3ccc(F)cc3)s2)oc1C. The summed E-state index contributed by atoms with van der Waals surface area (Å²) in [6, 6.07) is 7.97. The standard InChI is InChI=1S/C17H16FN3O3S2/c1-10-14(15(22)23-2)7-13(24-10)9-25-17-21-20-16(26-17)19-8-11-3-5-12(18)6-4-11/h3-7H,8-9H2,1-2H3,(H,19,20). The van der Waals surface area contributed by atoms with E-state index in [1.165, 1.54) is 42.3 Å². The molecule has 136 valence electrons. The summed E-state index contributed by atoms with van der Waals surface area (Å²) in [5, 5.41) is 12.0. The number of carbonyl (C=O) groups excluding carboxylic acids is 1.